The van der Waals surface area contributed by atoms with E-state index in [0.29, 0.717) is 5.56 Å². The molecule has 0 saturated carbocycles. The van der Waals surface area contributed by atoms with Crippen LogP contribution in [-0.2, 0) is 10.0 Å². The third-order valence-corrected chi connectivity index (χ3v) is 8.99. The summed E-state index contributed by atoms with van der Waals surface area (Å²) < 4.78 is 48.3. The van der Waals surface area contributed by atoms with Crippen LogP contribution in [0.25, 0.3) is 5.57 Å². The van der Waals surface area contributed by atoms with Crippen molar-refractivity contribution < 1.29 is 27.4 Å². The summed E-state index contributed by atoms with van der Waals surface area (Å²) in [4.78, 5) is 14.5. The summed E-state index contributed by atoms with van der Waals surface area (Å²) in [6.45, 7) is 3.55. The van der Waals surface area contributed by atoms with Gasteiger partial charge in [-0.2, -0.15) is 4.31 Å². The molecule has 4 rings (SSSR count). The maximum Gasteiger partial charge on any atom is 0.253 e. The lowest BCUT2D eigenvalue weighted by molar-refractivity contribution is 0.0563. The minimum Gasteiger partial charge on any atom is -0.487 e. The lowest BCUT2D eigenvalue weighted by Crippen LogP contribution is -2.50. The van der Waals surface area contributed by atoms with Gasteiger partial charge in [-0.25, -0.2) is 12.8 Å². The number of fused-ring (bicyclic) bond motifs is 1. The Bertz CT molecular complexity index is 1250. The molecule has 2 aromatic rings. The number of carbonyl (C=O) groups is 1. The van der Waals surface area contributed by atoms with Gasteiger partial charge in [-0.1, -0.05) is 19.1 Å². The van der Waals surface area contributed by atoms with Gasteiger partial charge in [0.25, 0.3) is 5.91 Å². The third kappa shape index (κ3) is 5.33. The molecule has 1 amide bonds. The summed E-state index contributed by atoms with van der Waals surface area (Å²) in [6, 6.07) is 9.89. The molecule has 0 aromatic heterocycles. The molecule has 0 unspecified atom stereocenters. The molecular weight excluding hydrogens is 483 g/mol. The fourth-order valence-electron chi connectivity index (χ4n) is 4.74. The number of likely N-dealkylation sites (N-methyl/N-ethyl adjacent to an activating group) is 1. The molecule has 9 heteroatoms. The van der Waals surface area contributed by atoms with E-state index in [4.69, 9.17) is 4.74 Å². The first-order valence-electron chi connectivity index (χ1n) is 12.3. The maximum absolute atomic E-state index is 13.6. The number of amides is 1. The molecular formula is C27H33FN2O5S. The Labute approximate surface area is 212 Å². The number of ether oxygens (including phenoxy) is 1. The topological polar surface area (TPSA) is 87.2 Å². The fraction of sp³-hybridized carbons (Fsp3) is 0.444. The van der Waals surface area contributed by atoms with E-state index in [1.54, 1.807) is 26.1 Å². The lowest BCUT2D eigenvalue weighted by Gasteiger charge is -2.37. The maximum atomic E-state index is 13.6. The normalized spacial score (nSPS) is 22.5. The second kappa shape index (κ2) is 10.7. The predicted octanol–water partition coefficient (Wildman–Crippen LogP) is 3.93. The van der Waals surface area contributed by atoms with E-state index < -0.39 is 28.0 Å². The number of hydrogen-bond acceptors (Lipinski definition) is 5. The van der Waals surface area contributed by atoms with Crippen LogP contribution in [0.3, 0.4) is 0 Å². The van der Waals surface area contributed by atoms with Crippen molar-refractivity contribution in [3.63, 3.8) is 0 Å². The zero-order chi connectivity index (χ0) is 26.0. The number of rotatable bonds is 6. The minimum absolute atomic E-state index is 0.0505. The fourth-order valence-corrected chi connectivity index (χ4v) is 6.57. The van der Waals surface area contributed by atoms with Crippen molar-refractivity contribution in [2.45, 2.75) is 50.2 Å². The van der Waals surface area contributed by atoms with Crippen molar-refractivity contribution in [1.82, 2.24) is 9.21 Å². The molecule has 1 aliphatic carbocycles. The Morgan fingerprint density at radius 3 is 2.61 bits per heavy atom. The number of hydrogen-bond donors (Lipinski definition) is 1. The van der Waals surface area contributed by atoms with Crippen LogP contribution in [0.15, 0.2) is 53.4 Å². The van der Waals surface area contributed by atoms with Crippen LogP contribution < -0.4 is 4.74 Å². The summed E-state index contributed by atoms with van der Waals surface area (Å²) >= 11 is 0. The Hall–Kier alpha value is -2.75. The zero-order valence-electron chi connectivity index (χ0n) is 20.9. The summed E-state index contributed by atoms with van der Waals surface area (Å²) in [6.07, 6.45) is 4.62. The van der Waals surface area contributed by atoms with Gasteiger partial charge in [0, 0.05) is 31.1 Å². The average molecular weight is 517 g/mol. The third-order valence-electron chi connectivity index (χ3n) is 6.97. The molecule has 3 atom stereocenters. The van der Waals surface area contributed by atoms with Gasteiger partial charge in [0.15, 0.2) is 0 Å². The van der Waals surface area contributed by atoms with Crippen LogP contribution in [0, 0.1) is 11.7 Å². The molecule has 7 nitrogen and oxygen atoms in total. The van der Waals surface area contributed by atoms with Gasteiger partial charge in [0.1, 0.15) is 22.6 Å². The number of halogens is 1. The monoisotopic (exact) mass is 516 g/mol. The van der Waals surface area contributed by atoms with Crippen molar-refractivity contribution in [3.05, 3.63) is 65.5 Å². The highest BCUT2D eigenvalue weighted by atomic mass is 32.2. The number of nitrogens with zero attached hydrogens (tertiary/aromatic N) is 2. The molecule has 0 saturated heterocycles. The van der Waals surface area contributed by atoms with E-state index in [0.717, 1.165) is 30.4 Å². The van der Waals surface area contributed by atoms with Gasteiger partial charge < -0.3 is 14.7 Å². The lowest BCUT2D eigenvalue weighted by atomic mass is 10.0. The molecule has 0 spiro atoms. The molecule has 36 heavy (non-hydrogen) atoms. The summed E-state index contributed by atoms with van der Waals surface area (Å²) in [7, 11) is -2.28. The number of carbonyl (C=O) groups excluding carboxylic acids is 1. The number of aliphatic hydroxyl groups is 1. The summed E-state index contributed by atoms with van der Waals surface area (Å²) in [5.74, 6) is -0.754. The van der Waals surface area contributed by atoms with Crippen LogP contribution in [0.1, 0.15) is 49.0 Å². The van der Waals surface area contributed by atoms with Gasteiger partial charge in [-0.15, -0.1) is 0 Å². The predicted molar refractivity (Wildman–Crippen MR) is 136 cm³/mol. The standard InChI is InChI=1S/C27H33FN2O5S/c1-18-15-30(19(2)17-31)36(33,34)26-13-10-22(20-6-4-5-7-20)14-24(26)35-25(18)16-29(3)27(32)21-8-11-23(28)12-9-21/h6,8-14,18-19,25,31H,4-5,7,15-17H2,1-3H3/t18-,19+,25+/m0/s1. The Balaban J connectivity index is 1.70. The highest BCUT2D eigenvalue weighted by molar-refractivity contribution is 7.89. The minimum atomic E-state index is -3.93. The van der Waals surface area contributed by atoms with Crippen molar-refractivity contribution in [2.75, 3.05) is 26.7 Å². The SMILES string of the molecule is C[C@H](CO)N1C[C@H](C)[C@@H](CN(C)C(=O)c2ccc(F)cc2)Oc2cc(C3=CCCC3)ccc2S1(=O)=O. The molecule has 0 bridgehead atoms. The number of sulfonamides is 1. The first-order chi connectivity index (χ1) is 17.1. The molecule has 1 aliphatic heterocycles. The molecule has 1 heterocycles. The molecule has 2 aromatic carbocycles. The van der Waals surface area contributed by atoms with E-state index in [-0.39, 0.29) is 42.2 Å². The Morgan fingerprint density at radius 2 is 1.97 bits per heavy atom. The summed E-state index contributed by atoms with van der Waals surface area (Å²) in [5, 5.41) is 9.81. The van der Waals surface area contributed by atoms with E-state index in [1.165, 1.54) is 33.5 Å². The molecule has 194 valence electrons. The van der Waals surface area contributed by atoms with Gasteiger partial charge in [0.2, 0.25) is 10.0 Å². The van der Waals surface area contributed by atoms with Crippen LogP contribution in [-0.4, -0.2) is 67.5 Å². The largest absolute Gasteiger partial charge is 0.487 e. The number of aliphatic hydroxyl groups excluding tert-OH is 1. The highest BCUT2D eigenvalue weighted by Gasteiger charge is 2.38. The van der Waals surface area contributed by atoms with Crippen LogP contribution in [0.2, 0.25) is 0 Å². The van der Waals surface area contributed by atoms with E-state index in [1.807, 2.05) is 13.0 Å². The van der Waals surface area contributed by atoms with Crippen LogP contribution in [0.5, 0.6) is 5.75 Å². The van der Waals surface area contributed by atoms with Crippen molar-refractivity contribution in [1.29, 1.82) is 0 Å². The van der Waals surface area contributed by atoms with Gasteiger partial charge >= 0.3 is 0 Å². The molecule has 2 aliphatic rings. The number of allylic oxidation sites excluding steroid dienone is 2. The second-order valence-corrected chi connectivity index (χ2v) is 11.6. The van der Waals surface area contributed by atoms with Crippen LogP contribution >= 0.6 is 0 Å². The van der Waals surface area contributed by atoms with E-state index >= 15 is 0 Å². The number of benzene rings is 2. The smallest absolute Gasteiger partial charge is 0.253 e. The Kier molecular flexibility index (Phi) is 7.82. The quantitative estimate of drug-likeness (QED) is 0.629. The highest BCUT2D eigenvalue weighted by Crippen LogP contribution is 2.37. The van der Waals surface area contributed by atoms with Crippen molar-refractivity contribution >= 4 is 21.5 Å². The molecule has 0 fully saturated rings. The summed E-state index contributed by atoms with van der Waals surface area (Å²) in [5.41, 5.74) is 2.44. The first-order valence-corrected chi connectivity index (χ1v) is 13.7. The molecule has 0 radical (unpaired) electrons. The second-order valence-electron chi connectivity index (χ2n) is 9.72. The first kappa shape index (κ1) is 26.3. The van der Waals surface area contributed by atoms with Crippen LogP contribution in [0.4, 0.5) is 4.39 Å². The molecule has 1 N–H and O–H groups in total. The van der Waals surface area contributed by atoms with E-state index in [9.17, 15) is 22.7 Å². The Morgan fingerprint density at radius 1 is 1.25 bits per heavy atom. The van der Waals surface area contributed by atoms with Crippen molar-refractivity contribution in [3.8, 4) is 5.75 Å². The van der Waals surface area contributed by atoms with Crippen molar-refractivity contribution in [2.24, 2.45) is 5.92 Å². The average Bonchev–Trinajstić information content (AvgIpc) is 3.40. The van der Waals surface area contributed by atoms with E-state index in [2.05, 4.69) is 6.08 Å². The van der Waals surface area contributed by atoms with Gasteiger partial charge in [0.05, 0.1) is 13.2 Å². The zero-order valence-corrected chi connectivity index (χ0v) is 21.7. The van der Waals surface area contributed by atoms with Gasteiger partial charge in [-0.05, 0) is 73.7 Å². The van der Waals surface area contributed by atoms with Gasteiger partial charge in [-0.3, -0.25) is 4.79 Å².